The van der Waals surface area contributed by atoms with E-state index in [1.54, 1.807) is 25.1 Å². The van der Waals surface area contributed by atoms with E-state index < -0.39 is 15.4 Å². The Bertz CT molecular complexity index is 1060. The molecule has 1 aliphatic rings. The van der Waals surface area contributed by atoms with Gasteiger partial charge in [-0.2, -0.15) is 4.31 Å². The summed E-state index contributed by atoms with van der Waals surface area (Å²) < 4.78 is 28.0. The molecule has 1 aliphatic heterocycles. The normalized spacial score (nSPS) is 16.5. The number of nitrogens with zero attached hydrogens (tertiary/aromatic N) is 1. The summed E-state index contributed by atoms with van der Waals surface area (Å²) in [5.74, 6) is -0.399. The van der Waals surface area contributed by atoms with Gasteiger partial charge >= 0.3 is 0 Å². The van der Waals surface area contributed by atoms with Crippen molar-refractivity contribution in [3.8, 4) is 0 Å². The Morgan fingerprint density at radius 2 is 1.71 bits per heavy atom. The number of aryl methyl sites for hydroxylation is 1. The molecular formula is C23H29N3O4S. The van der Waals surface area contributed by atoms with Crippen molar-refractivity contribution >= 4 is 27.5 Å². The molecule has 2 aromatic rings. The molecule has 0 aromatic heterocycles. The first-order valence-electron chi connectivity index (χ1n) is 10.3. The van der Waals surface area contributed by atoms with Gasteiger partial charge in [-0.1, -0.05) is 43.3 Å². The summed E-state index contributed by atoms with van der Waals surface area (Å²) >= 11 is 0. The van der Waals surface area contributed by atoms with Crippen LogP contribution in [-0.2, 0) is 26.2 Å². The summed E-state index contributed by atoms with van der Waals surface area (Å²) in [6.07, 6.45) is 0.849. The van der Waals surface area contributed by atoms with Crippen LogP contribution in [0.2, 0.25) is 0 Å². The van der Waals surface area contributed by atoms with E-state index in [0.717, 1.165) is 11.1 Å². The van der Waals surface area contributed by atoms with Crippen molar-refractivity contribution in [1.82, 2.24) is 9.62 Å². The average molecular weight is 444 g/mol. The zero-order chi connectivity index (χ0) is 22.6. The zero-order valence-corrected chi connectivity index (χ0v) is 19.0. The molecule has 3 rings (SSSR count). The minimum absolute atomic E-state index is 0.0668. The summed E-state index contributed by atoms with van der Waals surface area (Å²) in [5, 5.41) is 5.58. The minimum atomic E-state index is -3.81. The molecule has 1 fully saturated rings. The van der Waals surface area contributed by atoms with Crippen LogP contribution < -0.4 is 10.6 Å². The van der Waals surface area contributed by atoms with Gasteiger partial charge in [-0.05, 0) is 43.0 Å². The first kappa shape index (κ1) is 23.0. The molecule has 0 aliphatic carbocycles. The highest BCUT2D eigenvalue weighted by Crippen LogP contribution is 2.35. The first-order valence-corrected chi connectivity index (χ1v) is 11.8. The fraction of sp³-hybridized carbons (Fsp3) is 0.391. The summed E-state index contributed by atoms with van der Waals surface area (Å²) in [5.41, 5.74) is 1.44. The number of hydrogen-bond donors (Lipinski definition) is 2. The van der Waals surface area contributed by atoms with Gasteiger partial charge in [-0.3, -0.25) is 9.59 Å². The van der Waals surface area contributed by atoms with Crippen molar-refractivity contribution in [1.29, 1.82) is 0 Å². The lowest BCUT2D eigenvalue weighted by atomic mass is 9.80. The molecule has 166 valence electrons. The molecule has 2 N–H and O–H groups in total. The van der Waals surface area contributed by atoms with Crippen LogP contribution in [0.1, 0.15) is 37.8 Å². The zero-order valence-electron chi connectivity index (χ0n) is 18.1. The molecule has 0 radical (unpaired) electrons. The molecule has 7 nitrogen and oxygen atoms in total. The second kappa shape index (κ2) is 9.20. The molecule has 0 saturated carbocycles. The number of anilines is 1. The number of benzene rings is 2. The highest BCUT2D eigenvalue weighted by atomic mass is 32.2. The van der Waals surface area contributed by atoms with Crippen LogP contribution in [-0.4, -0.2) is 37.6 Å². The number of sulfonamides is 1. The Morgan fingerprint density at radius 1 is 1.06 bits per heavy atom. The van der Waals surface area contributed by atoms with Crippen LogP contribution in [0.4, 0.5) is 5.69 Å². The topological polar surface area (TPSA) is 95.6 Å². The number of nitrogens with one attached hydrogen (secondary N) is 2. The van der Waals surface area contributed by atoms with E-state index in [1.807, 2.05) is 37.3 Å². The Morgan fingerprint density at radius 3 is 2.32 bits per heavy atom. The van der Waals surface area contributed by atoms with Crippen molar-refractivity contribution in [3.05, 3.63) is 59.7 Å². The fourth-order valence-corrected chi connectivity index (χ4v) is 5.39. The third-order valence-electron chi connectivity index (χ3n) is 5.74. The molecule has 8 heteroatoms. The molecule has 0 unspecified atom stereocenters. The summed E-state index contributed by atoms with van der Waals surface area (Å²) in [7, 11) is -3.81. The van der Waals surface area contributed by atoms with Crippen molar-refractivity contribution in [2.45, 2.75) is 45.1 Å². The van der Waals surface area contributed by atoms with Gasteiger partial charge in [0.2, 0.25) is 21.8 Å². The van der Waals surface area contributed by atoms with E-state index in [-0.39, 0.29) is 35.5 Å². The predicted molar refractivity (Wildman–Crippen MR) is 120 cm³/mol. The molecule has 2 amide bonds. The SMILES string of the molecule is CC(=O)Nc1ccc(C)cc1S(=O)(=O)N1CCC(C)(C(=O)NCc2ccccc2)CC1. The van der Waals surface area contributed by atoms with Gasteiger partial charge in [-0.25, -0.2) is 8.42 Å². The number of rotatable bonds is 6. The fourth-order valence-electron chi connectivity index (χ4n) is 3.71. The van der Waals surface area contributed by atoms with Gasteiger partial charge in [0.05, 0.1) is 5.69 Å². The van der Waals surface area contributed by atoms with Crippen molar-refractivity contribution in [2.24, 2.45) is 5.41 Å². The van der Waals surface area contributed by atoms with Crippen LogP contribution in [0, 0.1) is 12.3 Å². The molecule has 0 bridgehead atoms. The Hall–Kier alpha value is -2.71. The van der Waals surface area contributed by atoms with Gasteiger partial charge in [0.15, 0.2) is 0 Å². The van der Waals surface area contributed by atoms with Crippen LogP contribution in [0.25, 0.3) is 0 Å². The van der Waals surface area contributed by atoms with E-state index in [4.69, 9.17) is 0 Å². The monoisotopic (exact) mass is 443 g/mol. The lowest BCUT2D eigenvalue weighted by Crippen LogP contribution is -2.48. The Labute approximate surface area is 183 Å². The Kier molecular flexibility index (Phi) is 6.81. The lowest BCUT2D eigenvalue weighted by Gasteiger charge is -2.37. The number of carbonyl (C=O) groups is 2. The van der Waals surface area contributed by atoms with E-state index in [1.165, 1.54) is 11.2 Å². The second-order valence-corrected chi connectivity index (χ2v) is 10.2. The lowest BCUT2D eigenvalue weighted by molar-refractivity contribution is -0.132. The van der Waals surface area contributed by atoms with Gasteiger partial charge < -0.3 is 10.6 Å². The summed E-state index contributed by atoms with van der Waals surface area (Å²) in [4.78, 5) is 24.4. The van der Waals surface area contributed by atoms with Crippen LogP contribution in [0.3, 0.4) is 0 Å². The maximum Gasteiger partial charge on any atom is 0.245 e. The summed E-state index contributed by atoms with van der Waals surface area (Å²) in [6, 6.07) is 14.6. The largest absolute Gasteiger partial charge is 0.352 e. The van der Waals surface area contributed by atoms with Crippen molar-refractivity contribution in [2.75, 3.05) is 18.4 Å². The molecule has 1 saturated heterocycles. The second-order valence-electron chi connectivity index (χ2n) is 8.31. The number of piperidine rings is 1. The van der Waals surface area contributed by atoms with Crippen LogP contribution >= 0.6 is 0 Å². The quantitative estimate of drug-likeness (QED) is 0.717. The average Bonchev–Trinajstić information content (AvgIpc) is 2.74. The number of hydrogen-bond acceptors (Lipinski definition) is 4. The number of amides is 2. The molecule has 1 heterocycles. The van der Waals surface area contributed by atoms with Gasteiger partial charge in [0.1, 0.15) is 4.90 Å². The maximum atomic E-state index is 13.3. The summed E-state index contributed by atoms with van der Waals surface area (Å²) in [6.45, 7) is 5.96. The number of carbonyl (C=O) groups excluding carboxylic acids is 2. The highest BCUT2D eigenvalue weighted by Gasteiger charge is 2.40. The Balaban J connectivity index is 1.70. The third-order valence-corrected chi connectivity index (χ3v) is 7.67. The third kappa shape index (κ3) is 5.32. The van der Waals surface area contributed by atoms with Gasteiger partial charge in [0, 0.05) is 32.0 Å². The van der Waals surface area contributed by atoms with Crippen molar-refractivity contribution in [3.63, 3.8) is 0 Å². The van der Waals surface area contributed by atoms with Crippen molar-refractivity contribution < 1.29 is 18.0 Å². The van der Waals surface area contributed by atoms with Crippen LogP contribution in [0.15, 0.2) is 53.4 Å². The van der Waals surface area contributed by atoms with E-state index in [9.17, 15) is 18.0 Å². The molecule has 0 atom stereocenters. The van der Waals surface area contributed by atoms with Gasteiger partial charge in [0.25, 0.3) is 0 Å². The first-order chi connectivity index (χ1) is 14.6. The molecule has 2 aromatic carbocycles. The highest BCUT2D eigenvalue weighted by molar-refractivity contribution is 7.89. The van der Waals surface area contributed by atoms with E-state index >= 15 is 0 Å². The molecule has 31 heavy (non-hydrogen) atoms. The van der Waals surface area contributed by atoms with E-state index in [0.29, 0.717) is 19.4 Å². The van der Waals surface area contributed by atoms with E-state index in [2.05, 4.69) is 10.6 Å². The predicted octanol–water partition coefficient (Wildman–Crippen LogP) is 3.06. The molecule has 0 spiro atoms. The maximum absolute atomic E-state index is 13.3. The smallest absolute Gasteiger partial charge is 0.245 e. The van der Waals surface area contributed by atoms with Crippen LogP contribution in [0.5, 0.6) is 0 Å². The van der Waals surface area contributed by atoms with Gasteiger partial charge in [-0.15, -0.1) is 0 Å². The molecular weight excluding hydrogens is 414 g/mol. The minimum Gasteiger partial charge on any atom is -0.352 e. The standard InChI is InChI=1S/C23H29N3O4S/c1-17-9-10-20(25-18(2)27)21(15-17)31(29,30)26-13-11-23(3,12-14-26)22(28)24-16-19-7-5-4-6-8-19/h4-10,15H,11-14,16H2,1-3H3,(H,24,28)(H,25,27).